The van der Waals surface area contributed by atoms with Gasteiger partial charge in [0.15, 0.2) is 6.61 Å². The van der Waals surface area contributed by atoms with Crippen LogP contribution >= 0.6 is 11.6 Å². The number of nitrogens with two attached hydrogens (primary N) is 1. The predicted molar refractivity (Wildman–Crippen MR) is 94.2 cm³/mol. The van der Waals surface area contributed by atoms with Crippen molar-refractivity contribution in [3.05, 3.63) is 28.8 Å². The minimum absolute atomic E-state index is 0.0513. The summed E-state index contributed by atoms with van der Waals surface area (Å²) >= 11 is 5.80. The standard InChI is InChI=1S/C17H22ClN3O4/c1-10-4-2-3-5-14(10)20-17(24)21-15(22)9-25-16(23)12-8-11(18)6-7-13(12)19/h6-8,10,14H,2-5,9,19H2,1H3,(H2,20,21,22,24)/t10-,14-/m1/s1. The van der Waals surface area contributed by atoms with Crippen molar-refractivity contribution < 1.29 is 19.1 Å². The number of anilines is 1. The van der Waals surface area contributed by atoms with Gasteiger partial charge in [-0.05, 0) is 37.0 Å². The highest BCUT2D eigenvalue weighted by Crippen LogP contribution is 2.23. The number of hydrogen-bond acceptors (Lipinski definition) is 5. The van der Waals surface area contributed by atoms with E-state index < -0.39 is 24.5 Å². The van der Waals surface area contributed by atoms with Crippen LogP contribution in [0.15, 0.2) is 18.2 Å². The van der Waals surface area contributed by atoms with Gasteiger partial charge in [-0.25, -0.2) is 9.59 Å². The molecule has 1 aliphatic carbocycles. The number of rotatable bonds is 4. The molecule has 136 valence electrons. The Morgan fingerprint density at radius 2 is 2.00 bits per heavy atom. The lowest BCUT2D eigenvalue weighted by Gasteiger charge is -2.29. The maximum Gasteiger partial charge on any atom is 0.340 e. The lowest BCUT2D eigenvalue weighted by molar-refractivity contribution is -0.123. The Kier molecular flexibility index (Phi) is 6.64. The van der Waals surface area contributed by atoms with Crippen LogP contribution in [-0.4, -0.2) is 30.6 Å². The van der Waals surface area contributed by atoms with E-state index in [1.54, 1.807) is 0 Å². The van der Waals surface area contributed by atoms with Crippen LogP contribution in [0.5, 0.6) is 0 Å². The van der Waals surface area contributed by atoms with E-state index in [-0.39, 0.29) is 17.3 Å². The van der Waals surface area contributed by atoms with Gasteiger partial charge in [0.05, 0.1) is 5.56 Å². The van der Waals surface area contributed by atoms with Gasteiger partial charge in [0.25, 0.3) is 5.91 Å². The number of carbonyl (C=O) groups is 3. The molecule has 0 spiro atoms. The van der Waals surface area contributed by atoms with E-state index in [0.29, 0.717) is 10.9 Å². The van der Waals surface area contributed by atoms with Crippen LogP contribution < -0.4 is 16.4 Å². The topological polar surface area (TPSA) is 111 Å². The van der Waals surface area contributed by atoms with Crippen LogP contribution in [0.2, 0.25) is 5.02 Å². The summed E-state index contributed by atoms with van der Waals surface area (Å²) in [6, 6.07) is 3.83. The molecular formula is C17H22ClN3O4. The third-order valence-corrected chi connectivity index (χ3v) is 4.49. The molecule has 7 nitrogen and oxygen atoms in total. The Morgan fingerprint density at radius 3 is 2.72 bits per heavy atom. The highest BCUT2D eigenvalue weighted by Gasteiger charge is 2.23. The fraction of sp³-hybridized carbons (Fsp3) is 0.471. The lowest BCUT2D eigenvalue weighted by atomic mass is 9.86. The zero-order valence-electron chi connectivity index (χ0n) is 14.0. The van der Waals surface area contributed by atoms with Gasteiger partial charge in [-0.2, -0.15) is 0 Å². The van der Waals surface area contributed by atoms with E-state index in [1.807, 2.05) is 0 Å². The minimum atomic E-state index is -0.781. The quantitative estimate of drug-likeness (QED) is 0.559. The fourth-order valence-corrected chi connectivity index (χ4v) is 2.98. The fourth-order valence-electron chi connectivity index (χ4n) is 2.81. The largest absolute Gasteiger partial charge is 0.452 e. The van der Waals surface area contributed by atoms with E-state index in [2.05, 4.69) is 17.6 Å². The van der Waals surface area contributed by atoms with Gasteiger partial charge in [-0.1, -0.05) is 31.4 Å². The van der Waals surface area contributed by atoms with Crippen LogP contribution in [0.25, 0.3) is 0 Å². The second kappa shape index (κ2) is 8.71. The first-order valence-corrected chi connectivity index (χ1v) is 8.57. The van der Waals surface area contributed by atoms with Gasteiger partial charge < -0.3 is 15.8 Å². The molecule has 0 bridgehead atoms. The number of halogens is 1. The third-order valence-electron chi connectivity index (χ3n) is 4.25. The van der Waals surface area contributed by atoms with E-state index in [1.165, 1.54) is 18.2 Å². The molecule has 2 rings (SSSR count). The molecule has 8 heteroatoms. The molecule has 25 heavy (non-hydrogen) atoms. The monoisotopic (exact) mass is 367 g/mol. The number of urea groups is 1. The molecule has 1 aliphatic rings. The van der Waals surface area contributed by atoms with Gasteiger partial charge in [-0.3, -0.25) is 10.1 Å². The zero-order chi connectivity index (χ0) is 18.4. The highest BCUT2D eigenvalue weighted by molar-refractivity contribution is 6.31. The zero-order valence-corrected chi connectivity index (χ0v) is 14.8. The number of hydrogen-bond donors (Lipinski definition) is 3. The number of benzene rings is 1. The number of ether oxygens (including phenoxy) is 1. The first-order chi connectivity index (χ1) is 11.9. The Bertz CT molecular complexity index is 665. The number of imide groups is 1. The van der Waals surface area contributed by atoms with Crippen molar-refractivity contribution in [3.8, 4) is 0 Å². The van der Waals surface area contributed by atoms with Crippen molar-refractivity contribution in [3.63, 3.8) is 0 Å². The smallest absolute Gasteiger partial charge is 0.340 e. The average Bonchev–Trinajstić information content (AvgIpc) is 2.57. The van der Waals surface area contributed by atoms with E-state index in [9.17, 15) is 14.4 Å². The normalized spacial score (nSPS) is 19.8. The molecule has 1 aromatic carbocycles. The summed E-state index contributed by atoms with van der Waals surface area (Å²) < 4.78 is 4.87. The number of nitrogens with one attached hydrogen (secondary N) is 2. The Balaban J connectivity index is 1.79. The molecule has 1 fully saturated rings. The first-order valence-electron chi connectivity index (χ1n) is 8.19. The Hall–Kier alpha value is -2.28. The van der Waals surface area contributed by atoms with Crippen LogP contribution in [-0.2, 0) is 9.53 Å². The Morgan fingerprint density at radius 1 is 1.28 bits per heavy atom. The van der Waals surface area contributed by atoms with Crippen LogP contribution in [0.1, 0.15) is 43.0 Å². The molecule has 2 atom stereocenters. The molecule has 3 amide bonds. The average molecular weight is 368 g/mol. The lowest BCUT2D eigenvalue weighted by Crippen LogP contribution is -2.48. The Labute approximate surface area is 151 Å². The summed E-state index contributed by atoms with van der Waals surface area (Å²) in [4.78, 5) is 35.5. The van der Waals surface area contributed by atoms with Crippen LogP contribution in [0.4, 0.5) is 10.5 Å². The minimum Gasteiger partial charge on any atom is -0.452 e. The summed E-state index contributed by atoms with van der Waals surface area (Å²) in [5.41, 5.74) is 5.93. The first kappa shape index (κ1) is 19.1. The maximum absolute atomic E-state index is 11.9. The summed E-state index contributed by atoms with van der Waals surface area (Å²) in [5.74, 6) is -1.12. The molecule has 1 saturated carbocycles. The predicted octanol–water partition coefficient (Wildman–Crippen LogP) is 2.48. The van der Waals surface area contributed by atoms with E-state index in [0.717, 1.165) is 25.7 Å². The summed E-state index contributed by atoms with van der Waals surface area (Å²) in [6.07, 6.45) is 4.16. The number of carbonyl (C=O) groups excluding carboxylic acids is 3. The van der Waals surface area contributed by atoms with Crippen molar-refractivity contribution >= 4 is 35.2 Å². The SMILES string of the molecule is C[C@@H]1CCCC[C@H]1NC(=O)NC(=O)COC(=O)c1cc(Cl)ccc1N. The summed E-state index contributed by atoms with van der Waals surface area (Å²) in [7, 11) is 0. The second-order valence-corrected chi connectivity index (χ2v) is 6.63. The van der Waals surface area contributed by atoms with Gasteiger partial charge >= 0.3 is 12.0 Å². The molecule has 0 aromatic heterocycles. The number of amides is 3. The third kappa shape index (κ3) is 5.63. The number of esters is 1. The molecule has 0 saturated heterocycles. The maximum atomic E-state index is 11.9. The molecule has 0 unspecified atom stereocenters. The van der Waals surface area contributed by atoms with Gasteiger partial charge in [0, 0.05) is 16.8 Å². The summed E-state index contributed by atoms with van der Waals surface area (Å²) in [5, 5.41) is 5.27. The van der Waals surface area contributed by atoms with Crippen molar-refractivity contribution in [2.24, 2.45) is 5.92 Å². The highest BCUT2D eigenvalue weighted by atomic mass is 35.5. The van der Waals surface area contributed by atoms with E-state index >= 15 is 0 Å². The molecule has 0 heterocycles. The van der Waals surface area contributed by atoms with Crippen molar-refractivity contribution in [2.45, 2.75) is 38.6 Å². The van der Waals surface area contributed by atoms with Gasteiger partial charge in [0.1, 0.15) is 0 Å². The van der Waals surface area contributed by atoms with Crippen LogP contribution in [0, 0.1) is 5.92 Å². The van der Waals surface area contributed by atoms with Crippen molar-refractivity contribution in [1.29, 1.82) is 0 Å². The van der Waals surface area contributed by atoms with Crippen molar-refractivity contribution in [1.82, 2.24) is 10.6 Å². The summed E-state index contributed by atoms with van der Waals surface area (Å²) in [6.45, 7) is 1.49. The molecular weight excluding hydrogens is 346 g/mol. The molecule has 1 aromatic rings. The van der Waals surface area contributed by atoms with Gasteiger partial charge in [-0.15, -0.1) is 0 Å². The van der Waals surface area contributed by atoms with Crippen LogP contribution in [0.3, 0.4) is 0 Å². The van der Waals surface area contributed by atoms with E-state index in [4.69, 9.17) is 22.1 Å². The van der Waals surface area contributed by atoms with Crippen molar-refractivity contribution in [2.75, 3.05) is 12.3 Å². The van der Waals surface area contributed by atoms with Gasteiger partial charge in [0.2, 0.25) is 0 Å². The second-order valence-electron chi connectivity index (χ2n) is 6.20. The molecule has 0 radical (unpaired) electrons. The molecule has 4 N–H and O–H groups in total. The molecule has 0 aliphatic heterocycles. The number of nitrogen functional groups attached to an aromatic ring is 1.